The summed E-state index contributed by atoms with van der Waals surface area (Å²) in [6, 6.07) is 16.8. The summed E-state index contributed by atoms with van der Waals surface area (Å²) in [4.78, 5) is 0. The van der Waals surface area contributed by atoms with Crippen molar-refractivity contribution >= 4 is 0 Å². The Hall–Kier alpha value is -1.80. The molecular formula is C18H21NO. The lowest BCUT2D eigenvalue weighted by Crippen LogP contribution is -2.29. The third-order valence-electron chi connectivity index (χ3n) is 4.05. The van der Waals surface area contributed by atoms with Crippen molar-refractivity contribution in [2.75, 3.05) is 6.54 Å². The van der Waals surface area contributed by atoms with Crippen LogP contribution in [0.15, 0.2) is 48.5 Å². The predicted octanol–water partition coefficient (Wildman–Crippen LogP) is 4.52. The molecule has 0 saturated carbocycles. The molecule has 0 spiro atoms. The molecule has 0 aromatic heterocycles. The molecule has 2 aromatic carbocycles. The van der Waals surface area contributed by atoms with Crippen LogP contribution in [0.1, 0.15) is 37.4 Å². The van der Waals surface area contributed by atoms with Crippen LogP contribution in [0.4, 0.5) is 0 Å². The third kappa shape index (κ3) is 2.44. The molecule has 1 aliphatic rings. The van der Waals surface area contributed by atoms with Gasteiger partial charge in [0.1, 0.15) is 11.5 Å². The number of rotatable bonds is 4. The average molecular weight is 267 g/mol. The Kier molecular flexibility index (Phi) is 3.75. The second kappa shape index (κ2) is 5.68. The molecule has 3 rings (SSSR count). The highest BCUT2D eigenvalue weighted by Crippen LogP contribution is 2.42. The van der Waals surface area contributed by atoms with Gasteiger partial charge in [-0.05, 0) is 24.6 Å². The van der Waals surface area contributed by atoms with Gasteiger partial charge in [-0.3, -0.25) is 0 Å². The molecule has 104 valence electrons. The van der Waals surface area contributed by atoms with E-state index in [1.165, 1.54) is 17.5 Å². The lowest BCUT2D eigenvalue weighted by atomic mass is 9.94. The number of fused-ring (bicyclic) bond motifs is 2. The van der Waals surface area contributed by atoms with Crippen molar-refractivity contribution in [1.29, 1.82) is 0 Å². The van der Waals surface area contributed by atoms with Gasteiger partial charge in [-0.25, -0.2) is 0 Å². The molecule has 2 aromatic rings. The normalized spacial score (nSPS) is 15.1. The molecule has 1 aliphatic heterocycles. The topological polar surface area (TPSA) is 21.3 Å². The third-order valence-corrected chi connectivity index (χ3v) is 4.05. The Morgan fingerprint density at radius 3 is 2.10 bits per heavy atom. The maximum Gasteiger partial charge on any atom is 0.132 e. The summed E-state index contributed by atoms with van der Waals surface area (Å²) in [7, 11) is 0. The van der Waals surface area contributed by atoms with Crippen LogP contribution in [-0.4, -0.2) is 6.54 Å². The second-order valence-corrected chi connectivity index (χ2v) is 5.53. The van der Waals surface area contributed by atoms with E-state index in [2.05, 4.69) is 43.4 Å². The quantitative estimate of drug-likeness (QED) is 0.879. The van der Waals surface area contributed by atoms with E-state index in [1.807, 2.05) is 24.3 Å². The first-order valence-corrected chi connectivity index (χ1v) is 7.38. The Morgan fingerprint density at radius 1 is 1.00 bits per heavy atom. The van der Waals surface area contributed by atoms with Gasteiger partial charge in [-0.15, -0.1) is 0 Å². The molecule has 2 heteroatoms. The first-order chi connectivity index (χ1) is 9.79. The summed E-state index contributed by atoms with van der Waals surface area (Å²) in [5.41, 5.74) is 2.46. The summed E-state index contributed by atoms with van der Waals surface area (Å²) < 4.78 is 6.00. The Bertz CT molecular complexity index is 548. The molecule has 0 amide bonds. The van der Waals surface area contributed by atoms with Crippen LogP contribution in [0.3, 0.4) is 0 Å². The van der Waals surface area contributed by atoms with Crippen LogP contribution in [0.2, 0.25) is 0 Å². The molecule has 0 fully saturated rings. The van der Waals surface area contributed by atoms with Crippen LogP contribution in [0.5, 0.6) is 11.5 Å². The van der Waals surface area contributed by atoms with Crippen molar-refractivity contribution in [3.05, 3.63) is 59.7 Å². The Labute approximate surface area is 120 Å². The van der Waals surface area contributed by atoms with Gasteiger partial charge in [0, 0.05) is 11.1 Å². The summed E-state index contributed by atoms with van der Waals surface area (Å²) in [6.07, 6.45) is 1.19. The van der Waals surface area contributed by atoms with Crippen molar-refractivity contribution in [3.8, 4) is 11.5 Å². The van der Waals surface area contributed by atoms with E-state index in [9.17, 15) is 0 Å². The van der Waals surface area contributed by atoms with E-state index in [1.54, 1.807) is 0 Å². The van der Waals surface area contributed by atoms with Crippen molar-refractivity contribution in [3.63, 3.8) is 0 Å². The number of benzene rings is 2. The average Bonchev–Trinajstić information content (AvgIpc) is 2.51. The van der Waals surface area contributed by atoms with Gasteiger partial charge < -0.3 is 10.1 Å². The van der Waals surface area contributed by atoms with Crippen molar-refractivity contribution in [2.24, 2.45) is 5.92 Å². The summed E-state index contributed by atoms with van der Waals surface area (Å²) in [5.74, 6) is 2.61. The SMILES string of the molecule is CCC(C)CNC1c2ccccc2Oc2ccccc21. The minimum atomic E-state index is 0.227. The minimum absolute atomic E-state index is 0.227. The number of hydrogen-bond acceptors (Lipinski definition) is 2. The van der Waals surface area contributed by atoms with E-state index < -0.39 is 0 Å². The van der Waals surface area contributed by atoms with Gasteiger partial charge in [0.05, 0.1) is 6.04 Å². The van der Waals surface area contributed by atoms with Crippen molar-refractivity contribution < 1.29 is 4.74 Å². The Balaban J connectivity index is 1.95. The van der Waals surface area contributed by atoms with Crippen LogP contribution in [0.25, 0.3) is 0 Å². The molecule has 0 saturated heterocycles. The number of ether oxygens (including phenoxy) is 1. The molecule has 1 atom stereocenters. The number of nitrogens with one attached hydrogen (secondary N) is 1. The van der Waals surface area contributed by atoms with Crippen LogP contribution in [-0.2, 0) is 0 Å². The van der Waals surface area contributed by atoms with E-state index in [0.29, 0.717) is 5.92 Å². The van der Waals surface area contributed by atoms with Gasteiger partial charge >= 0.3 is 0 Å². The van der Waals surface area contributed by atoms with Crippen LogP contribution < -0.4 is 10.1 Å². The van der Waals surface area contributed by atoms with Gasteiger partial charge in [0.25, 0.3) is 0 Å². The molecule has 0 aliphatic carbocycles. The van der Waals surface area contributed by atoms with E-state index >= 15 is 0 Å². The molecule has 0 bridgehead atoms. The zero-order valence-electron chi connectivity index (χ0n) is 12.1. The van der Waals surface area contributed by atoms with Gasteiger partial charge in [0.15, 0.2) is 0 Å². The molecule has 20 heavy (non-hydrogen) atoms. The Morgan fingerprint density at radius 2 is 1.55 bits per heavy atom. The summed E-state index contributed by atoms with van der Waals surface area (Å²) in [5, 5.41) is 3.70. The van der Waals surface area contributed by atoms with Crippen LogP contribution >= 0.6 is 0 Å². The fourth-order valence-corrected chi connectivity index (χ4v) is 2.59. The van der Waals surface area contributed by atoms with E-state index in [4.69, 9.17) is 4.74 Å². The van der Waals surface area contributed by atoms with E-state index in [0.717, 1.165) is 18.0 Å². The van der Waals surface area contributed by atoms with Crippen LogP contribution in [0, 0.1) is 5.92 Å². The van der Waals surface area contributed by atoms with Crippen molar-refractivity contribution in [2.45, 2.75) is 26.3 Å². The smallest absolute Gasteiger partial charge is 0.132 e. The molecule has 1 unspecified atom stereocenters. The summed E-state index contributed by atoms with van der Waals surface area (Å²) in [6.45, 7) is 5.53. The van der Waals surface area contributed by atoms with Gasteiger partial charge in [0.2, 0.25) is 0 Å². The standard InChI is InChI=1S/C18H21NO/c1-3-13(2)12-19-18-14-8-4-6-10-16(14)20-17-11-7-5-9-15(17)18/h4-11,13,18-19H,3,12H2,1-2H3. The predicted molar refractivity (Wildman–Crippen MR) is 82.3 cm³/mol. The second-order valence-electron chi connectivity index (χ2n) is 5.53. The fourth-order valence-electron chi connectivity index (χ4n) is 2.59. The maximum absolute atomic E-state index is 6.00. The fraction of sp³-hybridized carbons (Fsp3) is 0.333. The first kappa shape index (κ1) is 13.2. The lowest BCUT2D eigenvalue weighted by Gasteiger charge is -2.29. The first-order valence-electron chi connectivity index (χ1n) is 7.38. The van der Waals surface area contributed by atoms with Gasteiger partial charge in [-0.1, -0.05) is 56.7 Å². The highest BCUT2D eigenvalue weighted by molar-refractivity contribution is 5.52. The van der Waals surface area contributed by atoms with Crippen molar-refractivity contribution in [1.82, 2.24) is 5.32 Å². The number of para-hydroxylation sites is 2. The minimum Gasteiger partial charge on any atom is -0.457 e. The lowest BCUT2D eigenvalue weighted by molar-refractivity contribution is 0.410. The summed E-state index contributed by atoms with van der Waals surface area (Å²) >= 11 is 0. The molecule has 0 radical (unpaired) electrons. The number of hydrogen-bond donors (Lipinski definition) is 1. The maximum atomic E-state index is 6.00. The highest BCUT2D eigenvalue weighted by atomic mass is 16.5. The molecule has 1 N–H and O–H groups in total. The van der Waals surface area contributed by atoms with Gasteiger partial charge in [-0.2, -0.15) is 0 Å². The highest BCUT2D eigenvalue weighted by Gasteiger charge is 2.26. The largest absolute Gasteiger partial charge is 0.457 e. The molecule has 1 heterocycles. The molecular weight excluding hydrogens is 246 g/mol. The zero-order valence-corrected chi connectivity index (χ0v) is 12.1. The molecule has 2 nitrogen and oxygen atoms in total. The van der Waals surface area contributed by atoms with E-state index in [-0.39, 0.29) is 6.04 Å². The monoisotopic (exact) mass is 267 g/mol. The zero-order chi connectivity index (χ0) is 13.9.